The van der Waals surface area contributed by atoms with Crippen LogP contribution in [0.1, 0.15) is 12.5 Å². The predicted molar refractivity (Wildman–Crippen MR) is 87.3 cm³/mol. The molecule has 1 saturated heterocycles. The standard InChI is InChI=1S/C17H21N3O3/c1-2-23-17(22)20-9-7-19(8-10-20)12-15-14-11-18-6-5-13(14)3-4-16(15)21/h3-6,11,21H,2,7-10,12H2,1H3. The minimum atomic E-state index is -0.246. The minimum absolute atomic E-state index is 0.246. The molecule has 1 N–H and O–H groups in total. The number of benzene rings is 1. The second kappa shape index (κ2) is 6.83. The average molecular weight is 315 g/mol. The number of aromatic nitrogens is 1. The van der Waals surface area contributed by atoms with Gasteiger partial charge in [-0.3, -0.25) is 9.88 Å². The van der Waals surface area contributed by atoms with Crippen molar-refractivity contribution in [1.29, 1.82) is 0 Å². The molecule has 3 rings (SSSR count). The number of phenols is 1. The Bertz CT molecular complexity index is 697. The number of nitrogens with zero attached hydrogens (tertiary/aromatic N) is 3. The summed E-state index contributed by atoms with van der Waals surface area (Å²) in [6.45, 7) is 5.65. The van der Waals surface area contributed by atoms with Crippen LogP contribution in [0, 0.1) is 0 Å². The van der Waals surface area contributed by atoms with Gasteiger partial charge in [0.05, 0.1) is 6.61 Å². The van der Waals surface area contributed by atoms with E-state index in [4.69, 9.17) is 4.74 Å². The number of amides is 1. The van der Waals surface area contributed by atoms with E-state index in [1.807, 2.05) is 19.1 Å². The molecule has 0 bridgehead atoms. The fourth-order valence-corrected chi connectivity index (χ4v) is 2.90. The lowest BCUT2D eigenvalue weighted by Gasteiger charge is -2.34. The maximum absolute atomic E-state index is 11.7. The molecule has 0 aliphatic carbocycles. The van der Waals surface area contributed by atoms with Crippen LogP contribution in [0.4, 0.5) is 4.79 Å². The normalized spacial score (nSPS) is 15.8. The van der Waals surface area contributed by atoms with E-state index in [9.17, 15) is 9.90 Å². The molecule has 122 valence electrons. The summed E-state index contributed by atoms with van der Waals surface area (Å²) in [5.74, 6) is 0.290. The molecule has 1 aromatic heterocycles. The topological polar surface area (TPSA) is 65.9 Å². The van der Waals surface area contributed by atoms with Crippen LogP contribution in [0.5, 0.6) is 5.75 Å². The van der Waals surface area contributed by atoms with Gasteiger partial charge in [0.15, 0.2) is 0 Å². The number of rotatable bonds is 3. The van der Waals surface area contributed by atoms with Gasteiger partial charge in [-0.25, -0.2) is 4.79 Å². The van der Waals surface area contributed by atoms with Crippen molar-refractivity contribution in [1.82, 2.24) is 14.8 Å². The molecule has 0 saturated carbocycles. The molecular weight excluding hydrogens is 294 g/mol. The summed E-state index contributed by atoms with van der Waals surface area (Å²) in [6.07, 6.45) is 3.30. The number of phenolic OH excluding ortho intramolecular Hbond substituents is 1. The van der Waals surface area contributed by atoms with E-state index in [-0.39, 0.29) is 6.09 Å². The van der Waals surface area contributed by atoms with Crippen molar-refractivity contribution in [3.8, 4) is 5.75 Å². The molecule has 2 aromatic rings. The molecule has 0 radical (unpaired) electrons. The highest BCUT2D eigenvalue weighted by Crippen LogP contribution is 2.28. The van der Waals surface area contributed by atoms with Crippen LogP contribution < -0.4 is 0 Å². The number of ether oxygens (including phenoxy) is 1. The number of aromatic hydroxyl groups is 1. The van der Waals surface area contributed by atoms with E-state index in [0.717, 1.165) is 29.4 Å². The van der Waals surface area contributed by atoms with Crippen LogP contribution in [0.3, 0.4) is 0 Å². The van der Waals surface area contributed by atoms with Gasteiger partial charge in [-0.05, 0) is 24.4 Å². The summed E-state index contributed by atoms with van der Waals surface area (Å²) in [7, 11) is 0. The van der Waals surface area contributed by atoms with E-state index in [0.29, 0.717) is 32.0 Å². The van der Waals surface area contributed by atoms with Crippen molar-refractivity contribution in [3.63, 3.8) is 0 Å². The lowest BCUT2D eigenvalue weighted by molar-refractivity contribution is 0.0777. The van der Waals surface area contributed by atoms with E-state index < -0.39 is 0 Å². The van der Waals surface area contributed by atoms with E-state index >= 15 is 0 Å². The summed E-state index contributed by atoms with van der Waals surface area (Å²) in [6, 6.07) is 5.57. The van der Waals surface area contributed by atoms with Gasteiger partial charge >= 0.3 is 6.09 Å². The largest absolute Gasteiger partial charge is 0.508 e. The first-order chi connectivity index (χ1) is 11.2. The van der Waals surface area contributed by atoms with Crippen molar-refractivity contribution in [3.05, 3.63) is 36.2 Å². The molecule has 2 heterocycles. The number of hydrogen-bond acceptors (Lipinski definition) is 5. The Morgan fingerprint density at radius 1 is 1.26 bits per heavy atom. The molecule has 0 spiro atoms. The Balaban J connectivity index is 1.70. The highest BCUT2D eigenvalue weighted by Gasteiger charge is 2.23. The summed E-state index contributed by atoms with van der Waals surface area (Å²) >= 11 is 0. The van der Waals surface area contributed by atoms with Crippen molar-refractivity contribution >= 4 is 16.9 Å². The van der Waals surface area contributed by atoms with Gasteiger partial charge < -0.3 is 14.7 Å². The average Bonchev–Trinajstić information content (AvgIpc) is 2.58. The summed E-state index contributed by atoms with van der Waals surface area (Å²) in [5, 5.41) is 12.3. The Hall–Kier alpha value is -2.34. The molecule has 1 amide bonds. The SMILES string of the molecule is CCOC(=O)N1CCN(Cc2c(O)ccc3ccncc23)CC1. The third-order valence-corrected chi connectivity index (χ3v) is 4.19. The fourth-order valence-electron chi connectivity index (χ4n) is 2.90. The first-order valence-electron chi connectivity index (χ1n) is 7.87. The Morgan fingerprint density at radius 2 is 2.04 bits per heavy atom. The van der Waals surface area contributed by atoms with Crippen LogP contribution >= 0.6 is 0 Å². The fraction of sp³-hybridized carbons (Fsp3) is 0.412. The molecule has 1 aliphatic heterocycles. The Kier molecular flexibility index (Phi) is 4.62. The van der Waals surface area contributed by atoms with Gasteiger partial charge in [-0.1, -0.05) is 6.07 Å². The van der Waals surface area contributed by atoms with Crippen molar-refractivity contribution in [2.45, 2.75) is 13.5 Å². The number of fused-ring (bicyclic) bond motifs is 1. The zero-order valence-corrected chi connectivity index (χ0v) is 13.2. The zero-order valence-electron chi connectivity index (χ0n) is 13.2. The Morgan fingerprint density at radius 3 is 2.78 bits per heavy atom. The number of piperazine rings is 1. The smallest absolute Gasteiger partial charge is 0.409 e. The summed E-state index contributed by atoms with van der Waals surface area (Å²) in [5.41, 5.74) is 0.889. The number of pyridine rings is 1. The summed E-state index contributed by atoms with van der Waals surface area (Å²) in [4.78, 5) is 19.9. The van der Waals surface area contributed by atoms with Crippen molar-refractivity contribution < 1.29 is 14.6 Å². The number of carbonyl (C=O) groups excluding carboxylic acids is 1. The van der Waals surface area contributed by atoms with Gasteiger partial charge in [-0.15, -0.1) is 0 Å². The third kappa shape index (κ3) is 3.37. The van der Waals surface area contributed by atoms with Crippen LogP contribution in [0.25, 0.3) is 10.8 Å². The molecule has 1 aliphatic rings. The quantitative estimate of drug-likeness (QED) is 0.941. The van der Waals surface area contributed by atoms with Gasteiger partial charge in [0.2, 0.25) is 0 Å². The molecule has 0 atom stereocenters. The number of hydrogen-bond donors (Lipinski definition) is 1. The maximum atomic E-state index is 11.7. The van der Waals surface area contributed by atoms with E-state index in [1.54, 1.807) is 23.4 Å². The highest BCUT2D eigenvalue weighted by molar-refractivity contribution is 5.86. The first kappa shape index (κ1) is 15.6. The maximum Gasteiger partial charge on any atom is 0.409 e. The first-order valence-corrected chi connectivity index (χ1v) is 7.87. The van der Waals surface area contributed by atoms with Crippen molar-refractivity contribution in [2.24, 2.45) is 0 Å². The molecule has 1 fully saturated rings. The molecular formula is C17H21N3O3. The predicted octanol–water partition coefficient (Wildman–Crippen LogP) is 2.21. The van der Waals surface area contributed by atoms with Crippen LogP contribution in [-0.4, -0.2) is 58.8 Å². The van der Waals surface area contributed by atoms with Crippen LogP contribution in [-0.2, 0) is 11.3 Å². The van der Waals surface area contributed by atoms with Crippen molar-refractivity contribution in [2.75, 3.05) is 32.8 Å². The van der Waals surface area contributed by atoms with Crippen LogP contribution in [0.2, 0.25) is 0 Å². The van der Waals surface area contributed by atoms with E-state index in [1.165, 1.54) is 0 Å². The molecule has 6 heteroatoms. The minimum Gasteiger partial charge on any atom is -0.508 e. The second-order valence-corrected chi connectivity index (χ2v) is 5.62. The summed E-state index contributed by atoms with van der Waals surface area (Å²) < 4.78 is 5.03. The van der Waals surface area contributed by atoms with Gasteiger partial charge in [0.25, 0.3) is 0 Å². The lowest BCUT2D eigenvalue weighted by atomic mass is 10.0. The number of carbonyl (C=O) groups is 1. The second-order valence-electron chi connectivity index (χ2n) is 5.62. The third-order valence-electron chi connectivity index (χ3n) is 4.19. The highest BCUT2D eigenvalue weighted by atomic mass is 16.6. The van der Waals surface area contributed by atoms with Gasteiger partial charge in [-0.2, -0.15) is 0 Å². The molecule has 0 unspecified atom stereocenters. The molecule has 6 nitrogen and oxygen atoms in total. The molecule has 1 aromatic carbocycles. The van der Waals surface area contributed by atoms with Gasteiger partial charge in [0, 0.05) is 56.1 Å². The van der Waals surface area contributed by atoms with E-state index in [2.05, 4.69) is 9.88 Å². The zero-order chi connectivity index (χ0) is 16.2. The lowest BCUT2D eigenvalue weighted by Crippen LogP contribution is -2.48. The molecule has 23 heavy (non-hydrogen) atoms. The van der Waals surface area contributed by atoms with Gasteiger partial charge in [0.1, 0.15) is 5.75 Å². The monoisotopic (exact) mass is 315 g/mol. The Labute approximate surface area is 135 Å². The van der Waals surface area contributed by atoms with Crippen LogP contribution in [0.15, 0.2) is 30.6 Å².